The zero-order chi connectivity index (χ0) is 12.7. The number of hydrogen-bond donors (Lipinski definition) is 0. The zero-order valence-electron chi connectivity index (χ0n) is 11.4. The minimum absolute atomic E-state index is 0.104. The molecule has 1 rings (SSSR count). The van der Waals surface area contributed by atoms with Crippen LogP contribution in [-0.4, -0.2) is 25.3 Å². The minimum Gasteiger partial charge on any atom is -0.462 e. The summed E-state index contributed by atoms with van der Waals surface area (Å²) in [6.45, 7) is 7.63. The molecule has 0 bridgehead atoms. The molecule has 1 aliphatic carbocycles. The molecule has 0 saturated heterocycles. The van der Waals surface area contributed by atoms with Crippen LogP contribution >= 0.6 is 0 Å². The molecule has 0 amide bonds. The molecule has 1 saturated carbocycles. The van der Waals surface area contributed by atoms with E-state index in [0.717, 1.165) is 12.8 Å². The molecule has 0 aliphatic heterocycles. The Kier molecular flexibility index (Phi) is 6.56. The summed E-state index contributed by atoms with van der Waals surface area (Å²) in [6.07, 6.45) is 5.05. The Bertz CT molecular complexity index is 226. The molecule has 2 atom stereocenters. The van der Waals surface area contributed by atoms with Crippen LogP contribution in [0.1, 0.15) is 52.9 Å². The Labute approximate surface area is 105 Å². The molecule has 0 radical (unpaired) electrons. The molecule has 100 valence electrons. The predicted octanol–water partition coefficient (Wildman–Crippen LogP) is 3.17. The first-order valence-electron chi connectivity index (χ1n) is 6.85. The van der Waals surface area contributed by atoms with E-state index in [1.807, 2.05) is 0 Å². The van der Waals surface area contributed by atoms with E-state index in [-0.39, 0.29) is 12.1 Å². The lowest BCUT2D eigenvalue weighted by Gasteiger charge is -2.26. The standard InChI is InChI=1S/C14H26O3/c1-11(2)10-16-8-7-14(15)17-13-6-4-5-12(3)9-13/h11-13H,4-10H2,1-3H3. The predicted molar refractivity (Wildman–Crippen MR) is 67.8 cm³/mol. The van der Waals surface area contributed by atoms with Gasteiger partial charge in [0.25, 0.3) is 0 Å². The van der Waals surface area contributed by atoms with Crippen LogP contribution in [0.3, 0.4) is 0 Å². The van der Waals surface area contributed by atoms with Gasteiger partial charge in [-0.3, -0.25) is 4.79 Å². The van der Waals surface area contributed by atoms with E-state index >= 15 is 0 Å². The highest BCUT2D eigenvalue weighted by Crippen LogP contribution is 2.25. The highest BCUT2D eigenvalue weighted by atomic mass is 16.5. The van der Waals surface area contributed by atoms with Gasteiger partial charge >= 0.3 is 5.97 Å². The normalized spacial score (nSPS) is 24.9. The van der Waals surface area contributed by atoms with Crippen LogP contribution in [0, 0.1) is 11.8 Å². The van der Waals surface area contributed by atoms with Crippen molar-refractivity contribution in [3.8, 4) is 0 Å². The number of esters is 1. The quantitative estimate of drug-likeness (QED) is 0.530. The molecule has 2 unspecified atom stereocenters. The summed E-state index contributed by atoms with van der Waals surface area (Å²) in [5, 5.41) is 0. The lowest BCUT2D eigenvalue weighted by molar-refractivity contribution is -0.152. The molecule has 1 fully saturated rings. The van der Waals surface area contributed by atoms with Crippen molar-refractivity contribution in [1.82, 2.24) is 0 Å². The topological polar surface area (TPSA) is 35.5 Å². The maximum absolute atomic E-state index is 11.6. The first-order chi connectivity index (χ1) is 8.08. The van der Waals surface area contributed by atoms with Crippen LogP contribution in [0.25, 0.3) is 0 Å². The maximum atomic E-state index is 11.6. The van der Waals surface area contributed by atoms with Gasteiger partial charge in [-0.15, -0.1) is 0 Å². The van der Waals surface area contributed by atoms with Crippen LogP contribution in [0.2, 0.25) is 0 Å². The molecular weight excluding hydrogens is 216 g/mol. The third kappa shape index (κ3) is 6.67. The number of hydrogen-bond acceptors (Lipinski definition) is 3. The van der Waals surface area contributed by atoms with Crippen molar-refractivity contribution in [2.75, 3.05) is 13.2 Å². The molecule has 0 aromatic carbocycles. The summed E-state index contributed by atoms with van der Waals surface area (Å²) in [6, 6.07) is 0. The van der Waals surface area contributed by atoms with Crippen molar-refractivity contribution in [3.63, 3.8) is 0 Å². The number of ether oxygens (including phenoxy) is 2. The highest BCUT2D eigenvalue weighted by molar-refractivity contribution is 5.69. The Hall–Kier alpha value is -0.570. The van der Waals surface area contributed by atoms with Crippen LogP contribution in [0.4, 0.5) is 0 Å². The number of carbonyl (C=O) groups excluding carboxylic acids is 1. The smallest absolute Gasteiger partial charge is 0.308 e. The third-order valence-corrected chi connectivity index (χ3v) is 3.09. The molecule has 0 N–H and O–H groups in total. The van der Waals surface area contributed by atoms with E-state index < -0.39 is 0 Å². The van der Waals surface area contributed by atoms with Crippen LogP contribution in [0.15, 0.2) is 0 Å². The van der Waals surface area contributed by atoms with Gasteiger partial charge in [-0.05, 0) is 31.1 Å². The van der Waals surface area contributed by atoms with Crippen molar-refractivity contribution >= 4 is 5.97 Å². The summed E-state index contributed by atoms with van der Waals surface area (Å²) in [4.78, 5) is 11.6. The van der Waals surface area contributed by atoms with E-state index in [0.29, 0.717) is 31.5 Å². The molecule has 3 heteroatoms. The molecule has 0 spiro atoms. The first kappa shape index (κ1) is 14.5. The fraction of sp³-hybridized carbons (Fsp3) is 0.929. The largest absolute Gasteiger partial charge is 0.462 e. The van der Waals surface area contributed by atoms with E-state index in [2.05, 4.69) is 20.8 Å². The second-order valence-corrected chi connectivity index (χ2v) is 5.60. The highest BCUT2D eigenvalue weighted by Gasteiger charge is 2.21. The average Bonchev–Trinajstić information content (AvgIpc) is 2.24. The fourth-order valence-electron chi connectivity index (χ4n) is 2.20. The van der Waals surface area contributed by atoms with Gasteiger partial charge in [0.1, 0.15) is 6.10 Å². The Balaban J connectivity index is 2.07. The fourth-order valence-corrected chi connectivity index (χ4v) is 2.20. The van der Waals surface area contributed by atoms with Gasteiger partial charge in [0.05, 0.1) is 13.0 Å². The molecule has 17 heavy (non-hydrogen) atoms. The second kappa shape index (κ2) is 7.70. The molecule has 0 aromatic heterocycles. The van der Waals surface area contributed by atoms with Crippen LogP contribution in [0.5, 0.6) is 0 Å². The van der Waals surface area contributed by atoms with E-state index in [4.69, 9.17) is 9.47 Å². The Morgan fingerprint density at radius 1 is 1.35 bits per heavy atom. The average molecular weight is 242 g/mol. The van der Waals surface area contributed by atoms with Crippen LogP contribution in [-0.2, 0) is 14.3 Å². The van der Waals surface area contributed by atoms with Crippen molar-refractivity contribution in [2.24, 2.45) is 11.8 Å². The summed E-state index contributed by atoms with van der Waals surface area (Å²) in [5.41, 5.74) is 0. The molecule has 1 aliphatic rings. The van der Waals surface area contributed by atoms with Crippen molar-refractivity contribution < 1.29 is 14.3 Å². The molecule has 3 nitrogen and oxygen atoms in total. The van der Waals surface area contributed by atoms with Gasteiger partial charge in [0, 0.05) is 6.61 Å². The number of rotatable bonds is 6. The van der Waals surface area contributed by atoms with Crippen molar-refractivity contribution in [1.29, 1.82) is 0 Å². The maximum Gasteiger partial charge on any atom is 0.308 e. The second-order valence-electron chi connectivity index (χ2n) is 5.60. The number of carbonyl (C=O) groups is 1. The summed E-state index contributed by atoms with van der Waals surface area (Å²) >= 11 is 0. The minimum atomic E-state index is -0.104. The lowest BCUT2D eigenvalue weighted by atomic mass is 9.89. The molecule has 0 heterocycles. The van der Waals surface area contributed by atoms with Gasteiger partial charge in [-0.1, -0.05) is 27.2 Å². The van der Waals surface area contributed by atoms with Gasteiger partial charge in [0.15, 0.2) is 0 Å². The van der Waals surface area contributed by atoms with E-state index in [9.17, 15) is 4.79 Å². The molecule has 0 aromatic rings. The lowest BCUT2D eigenvalue weighted by Crippen LogP contribution is -2.25. The van der Waals surface area contributed by atoms with Crippen molar-refractivity contribution in [3.05, 3.63) is 0 Å². The molecular formula is C14H26O3. The van der Waals surface area contributed by atoms with Gasteiger partial charge in [-0.2, -0.15) is 0 Å². The van der Waals surface area contributed by atoms with E-state index in [1.54, 1.807) is 0 Å². The van der Waals surface area contributed by atoms with Gasteiger partial charge in [-0.25, -0.2) is 0 Å². The third-order valence-electron chi connectivity index (χ3n) is 3.09. The van der Waals surface area contributed by atoms with Gasteiger partial charge in [0.2, 0.25) is 0 Å². The first-order valence-corrected chi connectivity index (χ1v) is 6.85. The Morgan fingerprint density at radius 3 is 2.76 bits per heavy atom. The Morgan fingerprint density at radius 2 is 2.12 bits per heavy atom. The van der Waals surface area contributed by atoms with Gasteiger partial charge < -0.3 is 9.47 Å². The summed E-state index contributed by atoms with van der Waals surface area (Å²) in [5.74, 6) is 1.11. The van der Waals surface area contributed by atoms with Crippen molar-refractivity contribution in [2.45, 2.75) is 59.0 Å². The SMILES string of the molecule is CC(C)COCCC(=O)OC1CCCC(C)C1. The monoisotopic (exact) mass is 242 g/mol. The van der Waals surface area contributed by atoms with Crippen LogP contribution < -0.4 is 0 Å². The van der Waals surface area contributed by atoms with E-state index in [1.165, 1.54) is 12.8 Å². The summed E-state index contributed by atoms with van der Waals surface area (Å²) in [7, 11) is 0. The summed E-state index contributed by atoms with van der Waals surface area (Å²) < 4.78 is 10.8. The zero-order valence-corrected chi connectivity index (χ0v) is 11.4.